The lowest BCUT2D eigenvalue weighted by Gasteiger charge is -2.46. The second kappa shape index (κ2) is 39.7. The van der Waals surface area contributed by atoms with E-state index in [-0.39, 0.29) is 82.9 Å². The molecule has 3 saturated carbocycles. The van der Waals surface area contributed by atoms with Crippen LogP contribution in [-0.2, 0) is 28.7 Å². The van der Waals surface area contributed by atoms with Crippen LogP contribution in [0.15, 0.2) is 165 Å². The highest BCUT2D eigenvalue weighted by Crippen LogP contribution is 2.53. The molecule has 3 spiro atoms. The third kappa shape index (κ3) is 21.3. The molecule has 3 atom stereocenters. The highest BCUT2D eigenvalue weighted by molar-refractivity contribution is 9.10. The highest BCUT2D eigenvalue weighted by Gasteiger charge is 2.56. The molecule has 0 unspecified atom stereocenters. The molecule has 0 bridgehead atoms. The largest absolute Gasteiger partial charge is 0.481 e. The fraction of sp³-hybridized carbons (Fsp3) is 0.545. The number of ether oxygens (including phenoxy) is 2. The van der Waals surface area contributed by atoms with Crippen LogP contribution in [0.25, 0.3) is 0 Å². The lowest BCUT2D eigenvalue weighted by Crippen LogP contribution is -2.50. The van der Waals surface area contributed by atoms with Crippen molar-refractivity contribution < 1.29 is 48.1 Å². The maximum Gasteiger partial charge on any atom is 0.337 e. The Morgan fingerprint density at radius 1 is 0.451 bits per heavy atom. The van der Waals surface area contributed by atoms with Gasteiger partial charge in [-0.3, -0.25) is 38.9 Å². The Bertz CT molecular complexity index is 4730. The maximum absolute atomic E-state index is 14.4. The minimum Gasteiger partial charge on any atom is -0.481 e. The summed E-state index contributed by atoms with van der Waals surface area (Å²) in [5, 5.41) is 14.8. The lowest BCUT2D eigenvalue weighted by molar-refractivity contribution is -0.137. The summed E-state index contributed by atoms with van der Waals surface area (Å²) in [5.41, 5.74) is 10.0. The van der Waals surface area contributed by atoms with Gasteiger partial charge >= 0.3 is 17.9 Å². The van der Waals surface area contributed by atoms with Crippen LogP contribution in [0.4, 0.5) is 11.4 Å². The number of anilines is 2. The molecular weight excluding hydrogens is 1590 g/mol. The fourth-order valence-electron chi connectivity index (χ4n) is 20.1. The predicted molar refractivity (Wildman–Crippen MR) is 490 cm³/mol. The van der Waals surface area contributed by atoms with Gasteiger partial charge in [-0.05, 0) is 286 Å². The predicted octanol–water partition coefficient (Wildman–Crippen LogP) is 20.3. The summed E-state index contributed by atoms with van der Waals surface area (Å²) in [4.78, 5) is 116. The van der Waals surface area contributed by atoms with Gasteiger partial charge in [0.05, 0.1) is 49.9 Å². The van der Waals surface area contributed by atoms with Crippen molar-refractivity contribution in [1.29, 1.82) is 0 Å². The number of rotatable bonds is 17. The number of esters is 2. The van der Waals surface area contributed by atoms with Crippen LogP contribution < -0.4 is 20.4 Å². The van der Waals surface area contributed by atoms with Crippen LogP contribution in [0, 0.1) is 34.0 Å². The average Bonchev–Trinajstić information content (AvgIpc) is 1.59. The molecule has 3 saturated heterocycles. The number of nitrogens with one attached hydrogen (secondary N) is 2. The van der Waals surface area contributed by atoms with E-state index in [9.17, 15) is 33.6 Å². The van der Waals surface area contributed by atoms with Crippen molar-refractivity contribution in [3.63, 3.8) is 0 Å². The standard InChI is InChI=1S/C35H46N4O4.C33H43N3O3.C28H33BrN2O3.C5H11N/c1-24(25-11-13-26(14-12-25)32(42)36-20-17-30(40)41)39-33(43)31(37-35(39)18-15-28(16-19-35)34(2,3)4)27-9-8-10-29(23-27)38-21-6-5-7-22-38;1-23(24-12-14-25(15-13-24)31(38)39-5)36-30(37)29(34-33(36)18-16-27(17-19-33)32(2,3)4)26-10-9-11-28(22-26)35-20-7-6-8-21-35;1-18(19-9-11-20(12-10-19)26(33)34-5)31-25(32)24(21-7-6-8-23(29)17-21)30-28(31)15-13-22(14-16-28)27(2,3)4;1-2-4-6-5-3-1/h8-14,23-24,28H,5-7,15-22H2,1-4H3,(H,36,42)(H,40,41);9-15,22-23,27H,6-8,16-21H2,1-5H3;6-12,17-18,22H,13-16H2,1-5H3;6H,1-5H2/t24-,28?,35?;23-,27?,33?;18-,22?,28?;/m111./s1. The van der Waals surface area contributed by atoms with Crippen molar-refractivity contribution >= 4 is 86.0 Å². The van der Waals surface area contributed by atoms with Crippen molar-refractivity contribution in [3.05, 3.63) is 200 Å². The van der Waals surface area contributed by atoms with E-state index in [4.69, 9.17) is 29.6 Å². The number of aliphatic imine (C=N–C) groups is 3. The number of amides is 4. The Kier molecular flexibility index (Phi) is 29.9. The van der Waals surface area contributed by atoms with Gasteiger partial charge in [-0.25, -0.2) is 9.59 Å². The van der Waals surface area contributed by atoms with Gasteiger partial charge in [0.15, 0.2) is 0 Å². The van der Waals surface area contributed by atoms with Crippen molar-refractivity contribution in [2.75, 3.05) is 69.8 Å². The summed E-state index contributed by atoms with van der Waals surface area (Å²) >= 11 is 3.53. The molecule has 20 nitrogen and oxygen atoms in total. The maximum atomic E-state index is 14.4. The molecule has 3 aliphatic carbocycles. The SMILES string of the molecule is C1CCNCC1.COC(=O)c1ccc([C@@H](C)N2C(=O)C(c3cccc(Br)c3)=NC23CCC(C(C)(C)C)CC3)cc1.COC(=O)c1ccc([C@@H](C)N2C(=O)C(c3cccc(N4CCCCC4)c3)=NC23CCC(C(C)(C)C)CC3)cc1.C[C@H](c1ccc(C(=O)NCCC(=O)O)cc1)N1C(=O)C(c2cccc(N3CCCCC3)c2)=NC12CCC(C(C)(C)C)CC2. The number of halogens is 1. The number of carbonyl (C=O) groups excluding carboxylic acids is 6. The summed E-state index contributed by atoms with van der Waals surface area (Å²) in [6, 6.07) is 46.1. The highest BCUT2D eigenvalue weighted by atomic mass is 79.9. The zero-order valence-electron chi connectivity index (χ0n) is 74.9. The number of hydrogen-bond donors (Lipinski definition) is 3. The zero-order chi connectivity index (χ0) is 87.5. The Hall–Kier alpha value is -9.34. The van der Waals surface area contributed by atoms with Crippen LogP contribution in [0.3, 0.4) is 0 Å². The first-order valence-electron chi connectivity index (χ1n) is 45.1. The van der Waals surface area contributed by atoms with E-state index in [0.29, 0.717) is 51.6 Å². The number of piperidine rings is 3. The van der Waals surface area contributed by atoms with Gasteiger partial charge < -0.3 is 49.7 Å². The molecule has 4 amide bonds. The summed E-state index contributed by atoms with van der Waals surface area (Å²) in [5.74, 6) is -0.262. The van der Waals surface area contributed by atoms with E-state index in [1.807, 2.05) is 93.6 Å². The van der Waals surface area contributed by atoms with E-state index >= 15 is 0 Å². The number of nitrogens with zero attached hydrogens (tertiary/aromatic N) is 8. The Labute approximate surface area is 733 Å². The zero-order valence-corrected chi connectivity index (χ0v) is 76.5. The molecule has 6 aromatic rings. The van der Waals surface area contributed by atoms with Gasteiger partial charge in [-0.1, -0.05) is 157 Å². The Balaban J connectivity index is 0.000000162. The molecule has 6 fully saturated rings. The van der Waals surface area contributed by atoms with Crippen LogP contribution >= 0.6 is 15.9 Å². The van der Waals surface area contributed by atoms with E-state index in [1.165, 1.54) is 90.8 Å². The molecule has 0 radical (unpaired) electrons. The van der Waals surface area contributed by atoms with Crippen LogP contribution in [-0.4, -0.2) is 155 Å². The molecular formula is C101H133BrN10O10. The van der Waals surface area contributed by atoms with E-state index in [0.717, 1.165) is 147 Å². The first-order chi connectivity index (χ1) is 58.2. The molecule has 6 aliphatic heterocycles. The van der Waals surface area contributed by atoms with Gasteiger partial charge in [0.1, 0.15) is 34.1 Å². The van der Waals surface area contributed by atoms with Gasteiger partial charge in [0, 0.05) is 70.8 Å². The van der Waals surface area contributed by atoms with Crippen LogP contribution in [0.1, 0.15) is 307 Å². The van der Waals surface area contributed by atoms with Crippen molar-refractivity contribution in [2.24, 2.45) is 49.0 Å². The summed E-state index contributed by atoms with van der Waals surface area (Å²) in [6.45, 7) is 33.7. The second-order valence-electron chi connectivity index (χ2n) is 38.6. The average molecular weight is 1730 g/mol. The number of carboxylic acid groups (broad SMARTS) is 1. The Morgan fingerprint density at radius 3 is 1.05 bits per heavy atom. The monoisotopic (exact) mass is 1720 g/mol. The molecule has 21 heteroatoms. The van der Waals surface area contributed by atoms with E-state index in [2.05, 4.69) is 150 Å². The lowest BCUT2D eigenvalue weighted by atomic mass is 9.69. The van der Waals surface area contributed by atoms with Crippen LogP contribution in [0.5, 0.6) is 0 Å². The third-order valence-electron chi connectivity index (χ3n) is 27.7. The molecule has 6 heterocycles. The third-order valence-corrected chi connectivity index (χ3v) is 28.2. The number of methoxy groups -OCH3 is 2. The van der Waals surface area contributed by atoms with Crippen LogP contribution in [0.2, 0.25) is 0 Å². The molecule has 654 valence electrons. The quantitative estimate of drug-likeness (QED) is 0.0722. The van der Waals surface area contributed by atoms with Gasteiger partial charge in [0.2, 0.25) is 0 Å². The van der Waals surface area contributed by atoms with Gasteiger partial charge in [0.25, 0.3) is 23.6 Å². The second-order valence-corrected chi connectivity index (χ2v) is 39.5. The van der Waals surface area contributed by atoms with E-state index in [1.54, 1.807) is 36.4 Å². The number of benzene rings is 6. The molecule has 122 heavy (non-hydrogen) atoms. The molecule has 15 rings (SSSR count). The first kappa shape index (κ1) is 91.9. The number of carbonyl (C=O) groups is 7. The number of hydrogen-bond acceptors (Lipinski definition) is 15. The van der Waals surface area contributed by atoms with Crippen molar-refractivity contribution in [2.45, 2.75) is 259 Å². The first-order valence-corrected chi connectivity index (χ1v) is 45.9. The minimum absolute atomic E-state index is 0.00421. The number of carboxylic acids is 1. The molecule has 0 aromatic heterocycles. The molecule has 6 aromatic carbocycles. The minimum atomic E-state index is -0.954. The molecule has 9 aliphatic rings. The van der Waals surface area contributed by atoms with Crippen molar-refractivity contribution in [1.82, 2.24) is 25.3 Å². The normalized spacial score (nSPS) is 23.9. The fourth-order valence-corrected chi connectivity index (χ4v) is 20.5. The van der Waals surface area contributed by atoms with Gasteiger partial charge in [-0.15, -0.1) is 0 Å². The smallest absolute Gasteiger partial charge is 0.337 e. The van der Waals surface area contributed by atoms with E-state index < -0.39 is 23.0 Å². The molecule has 3 N–H and O–H groups in total. The summed E-state index contributed by atoms with van der Waals surface area (Å²) in [7, 11) is 2.76. The van der Waals surface area contributed by atoms with Crippen molar-refractivity contribution in [3.8, 4) is 0 Å². The summed E-state index contributed by atoms with van der Waals surface area (Å²) in [6.07, 6.45) is 22.7. The summed E-state index contributed by atoms with van der Waals surface area (Å²) < 4.78 is 10.6. The topological polar surface area (TPSA) is 236 Å². The Morgan fingerprint density at radius 2 is 0.762 bits per heavy atom. The number of aliphatic carboxylic acids is 1. The van der Waals surface area contributed by atoms with Gasteiger partial charge in [-0.2, -0.15) is 0 Å².